The minimum Gasteiger partial charge on any atom is -0.337 e. The number of hydrogen-bond acceptors (Lipinski definition) is 3. The van der Waals surface area contributed by atoms with Crippen LogP contribution in [0.5, 0.6) is 0 Å². The first-order valence-electron chi connectivity index (χ1n) is 8.63. The van der Waals surface area contributed by atoms with Gasteiger partial charge >= 0.3 is 6.03 Å². The number of sulfonamides is 1. The number of carbonyl (C=O) groups excluding carboxylic acids is 1. The van der Waals surface area contributed by atoms with E-state index in [-0.39, 0.29) is 17.2 Å². The molecule has 25 heavy (non-hydrogen) atoms. The van der Waals surface area contributed by atoms with Gasteiger partial charge in [0.25, 0.3) is 0 Å². The average molecular weight is 368 g/mol. The predicted molar refractivity (Wildman–Crippen MR) is 99.8 cm³/mol. The molecule has 2 amide bonds. The highest BCUT2D eigenvalue weighted by Crippen LogP contribution is 2.15. The van der Waals surface area contributed by atoms with E-state index in [2.05, 4.69) is 26.1 Å². The smallest absolute Gasteiger partial charge is 0.317 e. The van der Waals surface area contributed by atoms with Gasteiger partial charge in [-0.05, 0) is 17.9 Å². The molecule has 0 atom stereocenters. The number of rotatable bonds is 4. The zero-order valence-electron chi connectivity index (χ0n) is 15.6. The first kappa shape index (κ1) is 19.7. The van der Waals surface area contributed by atoms with Crippen LogP contribution in [0, 0.1) is 12.3 Å². The minimum atomic E-state index is -3.36. The summed E-state index contributed by atoms with van der Waals surface area (Å²) in [5, 5.41) is 2.91. The first-order chi connectivity index (χ1) is 11.6. The number of benzene rings is 1. The maximum absolute atomic E-state index is 12.6. The van der Waals surface area contributed by atoms with E-state index in [1.54, 1.807) is 4.90 Å². The van der Waals surface area contributed by atoms with E-state index in [4.69, 9.17) is 0 Å². The van der Waals surface area contributed by atoms with E-state index in [0.29, 0.717) is 32.7 Å². The fraction of sp³-hybridized carbons (Fsp3) is 0.611. The maximum Gasteiger partial charge on any atom is 0.317 e. The summed E-state index contributed by atoms with van der Waals surface area (Å²) in [5.41, 5.74) is 1.87. The fourth-order valence-corrected chi connectivity index (χ4v) is 4.23. The molecule has 0 unspecified atom stereocenters. The number of amides is 2. The normalized spacial score (nSPS) is 16.7. The summed E-state index contributed by atoms with van der Waals surface area (Å²) < 4.78 is 26.7. The Morgan fingerprint density at radius 2 is 1.80 bits per heavy atom. The standard InChI is InChI=1S/C18H29N3O3S/c1-15-6-5-7-16(12-15)13-25(23,24)21-10-8-20(9-11-21)17(22)19-14-18(2,3)4/h5-7,12H,8-11,13-14H2,1-4H3,(H,19,22). The van der Waals surface area contributed by atoms with Crippen molar-refractivity contribution in [3.8, 4) is 0 Å². The number of carbonyl (C=O) groups is 1. The van der Waals surface area contributed by atoms with Crippen LogP contribution in [0.4, 0.5) is 4.79 Å². The Bertz CT molecular complexity index is 703. The Balaban J connectivity index is 1.89. The van der Waals surface area contributed by atoms with Crippen molar-refractivity contribution in [1.82, 2.24) is 14.5 Å². The van der Waals surface area contributed by atoms with Crippen molar-refractivity contribution in [2.45, 2.75) is 33.4 Å². The summed E-state index contributed by atoms with van der Waals surface area (Å²) in [6, 6.07) is 7.43. The van der Waals surface area contributed by atoms with Crippen molar-refractivity contribution < 1.29 is 13.2 Å². The second-order valence-corrected chi connectivity index (χ2v) is 9.82. The molecule has 1 aliphatic heterocycles. The molecule has 1 aliphatic rings. The van der Waals surface area contributed by atoms with Crippen LogP contribution in [-0.2, 0) is 15.8 Å². The summed E-state index contributed by atoms with van der Waals surface area (Å²) in [6.07, 6.45) is 0. The van der Waals surface area contributed by atoms with Crippen molar-refractivity contribution in [3.63, 3.8) is 0 Å². The van der Waals surface area contributed by atoms with Crippen LogP contribution >= 0.6 is 0 Å². The molecule has 1 aromatic carbocycles. The van der Waals surface area contributed by atoms with Crippen molar-refractivity contribution in [2.75, 3.05) is 32.7 Å². The lowest BCUT2D eigenvalue weighted by Crippen LogP contribution is -2.54. The molecule has 1 heterocycles. The monoisotopic (exact) mass is 367 g/mol. The molecule has 1 aromatic rings. The van der Waals surface area contributed by atoms with E-state index in [0.717, 1.165) is 11.1 Å². The van der Waals surface area contributed by atoms with Crippen molar-refractivity contribution in [2.24, 2.45) is 5.41 Å². The fourth-order valence-electron chi connectivity index (χ4n) is 2.73. The Morgan fingerprint density at radius 1 is 1.16 bits per heavy atom. The van der Waals surface area contributed by atoms with Gasteiger partial charge in [0.1, 0.15) is 0 Å². The van der Waals surface area contributed by atoms with Crippen molar-refractivity contribution >= 4 is 16.1 Å². The summed E-state index contributed by atoms with van der Waals surface area (Å²) in [4.78, 5) is 13.9. The van der Waals surface area contributed by atoms with Crippen LogP contribution < -0.4 is 5.32 Å². The number of nitrogens with one attached hydrogen (secondary N) is 1. The lowest BCUT2D eigenvalue weighted by atomic mass is 9.97. The van der Waals surface area contributed by atoms with Gasteiger partial charge in [-0.3, -0.25) is 0 Å². The van der Waals surface area contributed by atoms with Crippen molar-refractivity contribution in [3.05, 3.63) is 35.4 Å². The van der Waals surface area contributed by atoms with Crippen LogP contribution in [0.15, 0.2) is 24.3 Å². The van der Waals surface area contributed by atoms with Crippen LogP contribution in [0.1, 0.15) is 31.9 Å². The van der Waals surface area contributed by atoms with Crippen molar-refractivity contribution in [1.29, 1.82) is 0 Å². The molecular formula is C18H29N3O3S. The van der Waals surface area contributed by atoms with Gasteiger partial charge in [0, 0.05) is 32.7 Å². The molecule has 7 heteroatoms. The van der Waals surface area contributed by atoms with Gasteiger partial charge in [0.05, 0.1) is 5.75 Å². The summed E-state index contributed by atoms with van der Waals surface area (Å²) in [5.74, 6) is 0.00486. The Labute approximate surface area is 151 Å². The zero-order chi connectivity index (χ0) is 18.7. The molecule has 1 fully saturated rings. The van der Waals surface area contributed by atoms with Crippen LogP contribution in [-0.4, -0.2) is 56.4 Å². The van der Waals surface area contributed by atoms with E-state index >= 15 is 0 Å². The highest BCUT2D eigenvalue weighted by Gasteiger charge is 2.29. The zero-order valence-corrected chi connectivity index (χ0v) is 16.4. The molecule has 0 radical (unpaired) electrons. The topological polar surface area (TPSA) is 69.7 Å². The van der Waals surface area contributed by atoms with Gasteiger partial charge in [-0.1, -0.05) is 50.6 Å². The van der Waals surface area contributed by atoms with Gasteiger partial charge in [0.2, 0.25) is 10.0 Å². The molecule has 0 aromatic heterocycles. The van der Waals surface area contributed by atoms with E-state index < -0.39 is 10.0 Å². The van der Waals surface area contributed by atoms with Gasteiger partial charge in [0.15, 0.2) is 0 Å². The first-order valence-corrected chi connectivity index (χ1v) is 10.2. The predicted octanol–water partition coefficient (Wildman–Crippen LogP) is 2.20. The third-order valence-corrected chi connectivity index (χ3v) is 5.97. The molecule has 0 aliphatic carbocycles. The van der Waals surface area contributed by atoms with Gasteiger partial charge < -0.3 is 10.2 Å². The number of nitrogens with zero attached hydrogens (tertiary/aromatic N) is 2. The number of aryl methyl sites for hydroxylation is 1. The molecule has 140 valence electrons. The minimum absolute atomic E-state index is 0.00486. The van der Waals surface area contributed by atoms with Gasteiger partial charge in [-0.25, -0.2) is 13.2 Å². The summed E-state index contributed by atoms with van der Waals surface area (Å²) in [6.45, 7) is 10.2. The molecule has 0 spiro atoms. The second kappa shape index (κ2) is 7.74. The Hall–Kier alpha value is -1.60. The third kappa shape index (κ3) is 6.01. The second-order valence-electron chi connectivity index (χ2n) is 7.85. The van der Waals surface area contributed by atoms with E-state index in [1.165, 1.54) is 4.31 Å². The van der Waals surface area contributed by atoms with Gasteiger partial charge in [-0.15, -0.1) is 0 Å². The SMILES string of the molecule is Cc1cccc(CS(=O)(=O)N2CCN(C(=O)NCC(C)(C)C)CC2)c1. The molecule has 2 rings (SSSR count). The third-order valence-electron chi connectivity index (χ3n) is 4.12. The lowest BCUT2D eigenvalue weighted by Gasteiger charge is -2.34. The largest absolute Gasteiger partial charge is 0.337 e. The highest BCUT2D eigenvalue weighted by molar-refractivity contribution is 7.88. The van der Waals surface area contributed by atoms with Crippen LogP contribution in [0.25, 0.3) is 0 Å². The number of piperazine rings is 1. The van der Waals surface area contributed by atoms with E-state index in [1.807, 2.05) is 31.2 Å². The summed E-state index contributed by atoms with van der Waals surface area (Å²) >= 11 is 0. The number of hydrogen-bond donors (Lipinski definition) is 1. The quantitative estimate of drug-likeness (QED) is 0.887. The molecule has 0 saturated carbocycles. The maximum atomic E-state index is 12.6. The molecular weight excluding hydrogens is 338 g/mol. The van der Waals surface area contributed by atoms with Crippen LogP contribution in [0.3, 0.4) is 0 Å². The lowest BCUT2D eigenvalue weighted by molar-refractivity contribution is 0.168. The molecule has 1 N–H and O–H groups in total. The Morgan fingerprint density at radius 3 is 2.36 bits per heavy atom. The highest BCUT2D eigenvalue weighted by atomic mass is 32.2. The number of urea groups is 1. The summed E-state index contributed by atoms with van der Waals surface area (Å²) in [7, 11) is -3.36. The van der Waals surface area contributed by atoms with E-state index in [9.17, 15) is 13.2 Å². The average Bonchev–Trinajstić information content (AvgIpc) is 2.51. The van der Waals surface area contributed by atoms with Crippen LogP contribution in [0.2, 0.25) is 0 Å². The molecule has 6 nitrogen and oxygen atoms in total. The Kier molecular flexibility index (Phi) is 6.11. The molecule has 1 saturated heterocycles. The molecule has 0 bridgehead atoms. The van der Waals surface area contributed by atoms with Gasteiger partial charge in [-0.2, -0.15) is 4.31 Å².